The van der Waals surface area contributed by atoms with Gasteiger partial charge >= 0.3 is 0 Å². The maximum absolute atomic E-state index is 11.5. The maximum atomic E-state index is 11.5. The van der Waals surface area contributed by atoms with E-state index >= 15 is 0 Å². The van der Waals surface area contributed by atoms with Crippen molar-refractivity contribution < 1.29 is 4.79 Å². The molecule has 0 aliphatic heterocycles. The molecule has 1 unspecified atom stereocenters. The summed E-state index contributed by atoms with van der Waals surface area (Å²) >= 11 is 0. The van der Waals surface area contributed by atoms with Crippen molar-refractivity contribution in [3.8, 4) is 0 Å². The molecule has 0 heterocycles. The maximum Gasteiger partial charge on any atom is 0.225 e. The quantitative estimate of drug-likeness (QED) is 0.614. The monoisotopic (exact) mass is 185 g/mol. The van der Waals surface area contributed by atoms with Crippen molar-refractivity contribution >= 4 is 5.91 Å². The highest BCUT2D eigenvalue weighted by molar-refractivity contribution is 5.78. The largest absolute Gasteiger partial charge is 0.349 e. The van der Waals surface area contributed by atoms with E-state index in [0.717, 1.165) is 6.42 Å². The van der Waals surface area contributed by atoms with Crippen LogP contribution in [-0.4, -0.2) is 24.9 Å². The fourth-order valence-electron chi connectivity index (χ4n) is 1.84. The summed E-state index contributed by atoms with van der Waals surface area (Å²) in [4.78, 5) is 13.2. The minimum atomic E-state index is 0.310. The predicted octanol–water partition coefficient (Wildman–Crippen LogP) is 2.54. The molecule has 0 radical (unpaired) electrons. The zero-order valence-electron chi connectivity index (χ0n) is 9.63. The fourth-order valence-corrected chi connectivity index (χ4v) is 1.84. The Morgan fingerprint density at radius 1 is 1.23 bits per heavy atom. The van der Waals surface area contributed by atoms with Gasteiger partial charge in [-0.05, 0) is 18.8 Å². The molecule has 0 aromatic carbocycles. The summed E-state index contributed by atoms with van der Waals surface area (Å²) in [7, 11) is 3.68. The van der Waals surface area contributed by atoms with Crippen LogP contribution in [0.15, 0.2) is 0 Å². The Bertz CT molecular complexity index is 154. The summed E-state index contributed by atoms with van der Waals surface area (Å²) in [6.45, 7) is 6.18. The van der Waals surface area contributed by atoms with Gasteiger partial charge in [-0.25, -0.2) is 0 Å². The predicted molar refractivity (Wildman–Crippen MR) is 56.5 cm³/mol. The Balaban J connectivity index is 0.000000671. The smallest absolute Gasteiger partial charge is 0.225 e. The van der Waals surface area contributed by atoms with Crippen LogP contribution in [0.25, 0.3) is 0 Å². The second kappa shape index (κ2) is 6.01. The molecule has 0 spiro atoms. The van der Waals surface area contributed by atoms with E-state index in [9.17, 15) is 4.79 Å². The lowest BCUT2D eigenvalue weighted by Gasteiger charge is -2.19. The summed E-state index contributed by atoms with van der Waals surface area (Å²) in [6, 6.07) is 0. The number of hydrogen-bond acceptors (Lipinski definition) is 1. The first-order valence-electron chi connectivity index (χ1n) is 5.34. The molecule has 1 saturated carbocycles. The minimum Gasteiger partial charge on any atom is -0.349 e. The third-order valence-electron chi connectivity index (χ3n) is 2.62. The minimum absolute atomic E-state index is 0.310. The third kappa shape index (κ3) is 3.37. The molecule has 1 rings (SSSR count). The van der Waals surface area contributed by atoms with Crippen molar-refractivity contribution in [1.82, 2.24) is 4.90 Å². The van der Waals surface area contributed by atoms with Gasteiger partial charge in [0.05, 0.1) is 0 Å². The molecule has 1 amide bonds. The SMILES string of the molecule is CC.CC1CCC[C@H]1C(=O)N(C)C. The lowest BCUT2D eigenvalue weighted by molar-refractivity contribution is -0.133. The van der Waals surface area contributed by atoms with E-state index in [1.165, 1.54) is 12.8 Å². The Hall–Kier alpha value is -0.530. The number of hydrogen-bond donors (Lipinski definition) is 0. The first kappa shape index (κ1) is 12.5. The average Bonchev–Trinajstić information content (AvgIpc) is 2.53. The molecule has 13 heavy (non-hydrogen) atoms. The summed E-state index contributed by atoms with van der Waals surface area (Å²) < 4.78 is 0. The molecule has 1 aliphatic carbocycles. The van der Waals surface area contributed by atoms with Crippen molar-refractivity contribution in [2.75, 3.05) is 14.1 Å². The van der Waals surface area contributed by atoms with Gasteiger partial charge in [-0.1, -0.05) is 27.2 Å². The lowest BCUT2D eigenvalue weighted by atomic mass is 9.97. The summed E-state index contributed by atoms with van der Waals surface area (Å²) in [5, 5.41) is 0. The molecule has 0 aromatic heterocycles. The highest BCUT2D eigenvalue weighted by atomic mass is 16.2. The van der Waals surface area contributed by atoms with Gasteiger partial charge in [-0.2, -0.15) is 0 Å². The van der Waals surface area contributed by atoms with Crippen LogP contribution in [0.1, 0.15) is 40.0 Å². The molecule has 0 bridgehead atoms. The number of carbonyl (C=O) groups is 1. The highest BCUT2D eigenvalue weighted by Gasteiger charge is 2.30. The van der Waals surface area contributed by atoms with Gasteiger partial charge in [-0.15, -0.1) is 0 Å². The number of amides is 1. The van der Waals surface area contributed by atoms with Gasteiger partial charge in [0.1, 0.15) is 0 Å². The molecule has 1 aliphatic rings. The van der Waals surface area contributed by atoms with E-state index in [1.54, 1.807) is 4.90 Å². The van der Waals surface area contributed by atoms with E-state index in [0.29, 0.717) is 17.7 Å². The van der Waals surface area contributed by atoms with Gasteiger partial charge in [0.25, 0.3) is 0 Å². The Kier molecular flexibility index (Phi) is 5.76. The summed E-state index contributed by atoms with van der Waals surface area (Å²) in [5.41, 5.74) is 0. The van der Waals surface area contributed by atoms with Crippen LogP contribution >= 0.6 is 0 Å². The van der Waals surface area contributed by atoms with Crippen LogP contribution in [0.3, 0.4) is 0 Å². The van der Waals surface area contributed by atoms with Crippen LogP contribution in [0.5, 0.6) is 0 Å². The third-order valence-corrected chi connectivity index (χ3v) is 2.62. The van der Waals surface area contributed by atoms with E-state index in [-0.39, 0.29) is 0 Å². The highest BCUT2D eigenvalue weighted by Crippen LogP contribution is 2.31. The van der Waals surface area contributed by atoms with Crippen LogP contribution in [0.2, 0.25) is 0 Å². The van der Waals surface area contributed by atoms with Gasteiger partial charge in [0.2, 0.25) is 5.91 Å². The number of carbonyl (C=O) groups excluding carboxylic acids is 1. The van der Waals surface area contributed by atoms with E-state index in [4.69, 9.17) is 0 Å². The second-order valence-electron chi connectivity index (χ2n) is 3.75. The normalized spacial score (nSPS) is 26.2. The average molecular weight is 185 g/mol. The topological polar surface area (TPSA) is 20.3 Å². The Morgan fingerprint density at radius 2 is 1.77 bits per heavy atom. The first-order chi connectivity index (χ1) is 6.13. The van der Waals surface area contributed by atoms with Crippen molar-refractivity contribution in [2.45, 2.75) is 40.0 Å². The van der Waals surface area contributed by atoms with E-state index in [1.807, 2.05) is 27.9 Å². The number of nitrogens with zero attached hydrogens (tertiary/aromatic N) is 1. The number of rotatable bonds is 1. The van der Waals surface area contributed by atoms with E-state index in [2.05, 4.69) is 6.92 Å². The van der Waals surface area contributed by atoms with Gasteiger partial charge < -0.3 is 4.90 Å². The lowest BCUT2D eigenvalue weighted by Crippen LogP contribution is -2.30. The van der Waals surface area contributed by atoms with Crippen molar-refractivity contribution in [1.29, 1.82) is 0 Å². The summed E-state index contributed by atoms with van der Waals surface area (Å²) in [6.07, 6.45) is 3.55. The van der Waals surface area contributed by atoms with Crippen LogP contribution in [-0.2, 0) is 4.79 Å². The van der Waals surface area contributed by atoms with Crippen LogP contribution in [0.4, 0.5) is 0 Å². The first-order valence-corrected chi connectivity index (χ1v) is 5.34. The molecule has 0 saturated heterocycles. The standard InChI is InChI=1S/C9H17NO.C2H6/c1-7-5-4-6-8(7)9(11)10(2)3;1-2/h7-8H,4-6H2,1-3H3;1-2H3/t7?,8-;/m1./s1. The Labute approximate surface area is 82.3 Å². The van der Waals surface area contributed by atoms with Crippen LogP contribution in [0, 0.1) is 11.8 Å². The Morgan fingerprint density at radius 3 is 2.08 bits per heavy atom. The van der Waals surface area contributed by atoms with Crippen molar-refractivity contribution in [3.05, 3.63) is 0 Å². The van der Waals surface area contributed by atoms with Crippen LogP contribution < -0.4 is 0 Å². The van der Waals surface area contributed by atoms with Crippen molar-refractivity contribution in [2.24, 2.45) is 11.8 Å². The zero-order chi connectivity index (χ0) is 10.4. The molecule has 2 nitrogen and oxygen atoms in total. The molecular formula is C11H23NO. The zero-order valence-corrected chi connectivity index (χ0v) is 9.63. The summed E-state index contributed by atoms with van der Waals surface area (Å²) in [5.74, 6) is 1.23. The van der Waals surface area contributed by atoms with Crippen molar-refractivity contribution in [3.63, 3.8) is 0 Å². The molecular weight excluding hydrogens is 162 g/mol. The van der Waals surface area contributed by atoms with Gasteiger partial charge in [-0.3, -0.25) is 4.79 Å². The van der Waals surface area contributed by atoms with Gasteiger partial charge in [0.15, 0.2) is 0 Å². The molecule has 2 atom stereocenters. The molecule has 2 heteroatoms. The second-order valence-corrected chi connectivity index (χ2v) is 3.75. The van der Waals surface area contributed by atoms with Gasteiger partial charge in [0, 0.05) is 20.0 Å². The molecule has 0 aromatic rings. The molecule has 1 fully saturated rings. The molecule has 78 valence electrons. The fraction of sp³-hybridized carbons (Fsp3) is 0.909. The molecule has 0 N–H and O–H groups in total. The van der Waals surface area contributed by atoms with E-state index < -0.39 is 0 Å².